The van der Waals surface area contributed by atoms with E-state index in [1.54, 1.807) is 13.0 Å². The molecule has 1 atom stereocenters. The molecule has 0 aromatic heterocycles. The quantitative estimate of drug-likeness (QED) is 0.921. The maximum absolute atomic E-state index is 12.2. The van der Waals surface area contributed by atoms with Crippen molar-refractivity contribution in [2.75, 3.05) is 7.11 Å². The number of halogens is 4. The Bertz CT molecular complexity index is 404. The third-order valence-electron chi connectivity index (χ3n) is 2.29. The topological polar surface area (TPSA) is 29.5 Å². The van der Waals surface area contributed by atoms with Gasteiger partial charge in [-0.25, -0.2) is 0 Å². The number of ether oxygens (including phenoxy) is 1. The van der Waals surface area contributed by atoms with E-state index in [2.05, 4.69) is 15.9 Å². The van der Waals surface area contributed by atoms with Crippen LogP contribution in [0.2, 0.25) is 0 Å². The summed E-state index contributed by atoms with van der Waals surface area (Å²) in [5.41, 5.74) is 0.951. The molecular formula is C11H12BrF3O2. The highest BCUT2D eigenvalue weighted by atomic mass is 79.9. The predicted octanol–water partition coefficient (Wildman–Crippen LogP) is 3.75. The van der Waals surface area contributed by atoms with Crippen LogP contribution in [0.3, 0.4) is 0 Å². The highest BCUT2D eigenvalue weighted by molar-refractivity contribution is 9.10. The van der Waals surface area contributed by atoms with Gasteiger partial charge >= 0.3 is 6.18 Å². The van der Waals surface area contributed by atoms with E-state index in [1.165, 1.54) is 13.2 Å². The lowest BCUT2D eigenvalue weighted by atomic mass is 10.0. The zero-order chi connectivity index (χ0) is 13.2. The molecule has 0 saturated heterocycles. The summed E-state index contributed by atoms with van der Waals surface area (Å²) in [7, 11) is 1.35. The van der Waals surface area contributed by atoms with E-state index < -0.39 is 18.7 Å². The molecule has 96 valence electrons. The molecule has 0 radical (unpaired) electrons. The number of aliphatic hydroxyl groups is 1. The zero-order valence-corrected chi connectivity index (χ0v) is 10.9. The summed E-state index contributed by atoms with van der Waals surface area (Å²) in [4.78, 5) is 0. The smallest absolute Gasteiger partial charge is 0.391 e. The third kappa shape index (κ3) is 3.89. The van der Waals surface area contributed by atoms with Crippen LogP contribution in [0.15, 0.2) is 16.6 Å². The molecule has 0 fully saturated rings. The van der Waals surface area contributed by atoms with Crippen molar-refractivity contribution >= 4 is 15.9 Å². The van der Waals surface area contributed by atoms with E-state index in [4.69, 9.17) is 4.74 Å². The van der Waals surface area contributed by atoms with Crippen LogP contribution in [-0.2, 0) is 0 Å². The van der Waals surface area contributed by atoms with Gasteiger partial charge in [0.1, 0.15) is 5.75 Å². The maximum atomic E-state index is 12.2. The van der Waals surface area contributed by atoms with Gasteiger partial charge in [0.2, 0.25) is 0 Å². The van der Waals surface area contributed by atoms with Gasteiger partial charge in [0.25, 0.3) is 0 Å². The second kappa shape index (κ2) is 5.27. The van der Waals surface area contributed by atoms with Crippen LogP contribution in [0.5, 0.6) is 5.75 Å². The van der Waals surface area contributed by atoms with E-state index in [0.29, 0.717) is 4.47 Å². The Kier molecular flexibility index (Phi) is 4.43. The molecule has 0 aliphatic heterocycles. The number of hydrogen-bond donors (Lipinski definition) is 1. The minimum absolute atomic E-state index is 0.127. The lowest BCUT2D eigenvalue weighted by molar-refractivity contribution is -0.154. The molecule has 2 nitrogen and oxygen atoms in total. The van der Waals surface area contributed by atoms with E-state index >= 15 is 0 Å². The number of benzene rings is 1. The summed E-state index contributed by atoms with van der Waals surface area (Å²) >= 11 is 3.21. The van der Waals surface area contributed by atoms with Crippen LogP contribution in [0, 0.1) is 6.92 Å². The van der Waals surface area contributed by atoms with Gasteiger partial charge in [-0.3, -0.25) is 0 Å². The van der Waals surface area contributed by atoms with E-state index in [0.717, 1.165) is 5.56 Å². The second-order valence-corrected chi connectivity index (χ2v) is 4.53. The summed E-state index contributed by atoms with van der Waals surface area (Å²) < 4.78 is 42.2. The molecule has 0 aliphatic carbocycles. The first-order valence-electron chi connectivity index (χ1n) is 4.83. The maximum Gasteiger partial charge on any atom is 0.391 e. The van der Waals surface area contributed by atoms with Crippen molar-refractivity contribution in [3.8, 4) is 5.75 Å². The predicted molar refractivity (Wildman–Crippen MR) is 61.1 cm³/mol. The van der Waals surface area contributed by atoms with Gasteiger partial charge in [0.15, 0.2) is 0 Å². The fraction of sp³-hybridized carbons (Fsp3) is 0.455. The molecule has 0 aliphatic rings. The fourth-order valence-corrected chi connectivity index (χ4v) is 1.80. The number of hydrogen-bond acceptors (Lipinski definition) is 2. The lowest BCUT2D eigenvalue weighted by Crippen LogP contribution is -2.14. The van der Waals surface area contributed by atoms with Crippen LogP contribution in [-0.4, -0.2) is 18.4 Å². The number of aryl methyl sites for hydroxylation is 1. The summed E-state index contributed by atoms with van der Waals surface area (Å²) in [5.74, 6) is 0.252. The van der Waals surface area contributed by atoms with Gasteiger partial charge in [-0.15, -0.1) is 0 Å². The molecule has 1 aromatic rings. The van der Waals surface area contributed by atoms with Gasteiger partial charge in [0, 0.05) is 10.0 Å². The molecule has 0 amide bonds. The van der Waals surface area contributed by atoms with Crippen molar-refractivity contribution in [3.63, 3.8) is 0 Å². The van der Waals surface area contributed by atoms with Crippen molar-refractivity contribution in [1.82, 2.24) is 0 Å². The number of methoxy groups -OCH3 is 1. The van der Waals surface area contributed by atoms with Gasteiger partial charge in [0.05, 0.1) is 19.6 Å². The largest absolute Gasteiger partial charge is 0.496 e. The monoisotopic (exact) mass is 312 g/mol. The molecule has 1 N–H and O–H groups in total. The third-order valence-corrected chi connectivity index (χ3v) is 3.15. The average Bonchev–Trinajstić information content (AvgIpc) is 2.18. The van der Waals surface area contributed by atoms with Crippen LogP contribution in [0.25, 0.3) is 0 Å². The first-order valence-corrected chi connectivity index (χ1v) is 5.62. The van der Waals surface area contributed by atoms with E-state index in [-0.39, 0.29) is 11.3 Å². The van der Waals surface area contributed by atoms with E-state index in [1.807, 2.05) is 0 Å². The van der Waals surface area contributed by atoms with Gasteiger partial charge < -0.3 is 9.84 Å². The Balaban J connectivity index is 3.08. The molecule has 1 unspecified atom stereocenters. The summed E-state index contributed by atoms with van der Waals surface area (Å²) in [6, 6.07) is 3.03. The molecule has 0 heterocycles. The molecular weight excluding hydrogens is 301 g/mol. The van der Waals surface area contributed by atoms with Crippen molar-refractivity contribution < 1.29 is 23.0 Å². The molecule has 0 bridgehead atoms. The first-order chi connectivity index (χ1) is 7.74. The molecule has 0 saturated carbocycles. The zero-order valence-electron chi connectivity index (χ0n) is 9.31. The summed E-state index contributed by atoms with van der Waals surface area (Å²) in [6.45, 7) is 1.78. The fourth-order valence-electron chi connectivity index (χ4n) is 1.44. The molecule has 1 aromatic carbocycles. The molecule has 0 spiro atoms. The highest BCUT2D eigenvalue weighted by Gasteiger charge is 2.33. The Labute approximate surface area is 106 Å². The van der Waals surface area contributed by atoms with Crippen molar-refractivity contribution in [2.45, 2.75) is 25.6 Å². The normalized spacial score (nSPS) is 13.6. The van der Waals surface area contributed by atoms with Crippen molar-refractivity contribution in [3.05, 3.63) is 27.7 Å². The highest BCUT2D eigenvalue weighted by Crippen LogP contribution is 2.36. The van der Waals surface area contributed by atoms with Crippen LogP contribution in [0.4, 0.5) is 13.2 Å². The average molecular weight is 313 g/mol. The minimum atomic E-state index is -4.41. The van der Waals surface area contributed by atoms with Gasteiger partial charge in [-0.1, -0.05) is 15.9 Å². The van der Waals surface area contributed by atoms with Crippen LogP contribution < -0.4 is 4.74 Å². The van der Waals surface area contributed by atoms with Crippen LogP contribution in [0.1, 0.15) is 23.7 Å². The molecule has 1 rings (SSSR count). The lowest BCUT2D eigenvalue weighted by Gasteiger charge is -2.17. The summed E-state index contributed by atoms with van der Waals surface area (Å²) in [5, 5.41) is 9.56. The minimum Gasteiger partial charge on any atom is -0.496 e. The second-order valence-electron chi connectivity index (χ2n) is 3.68. The Hall–Kier alpha value is -0.750. The number of aliphatic hydroxyl groups excluding tert-OH is 1. The SMILES string of the molecule is COc1cc(C)c(Br)cc1C(O)CC(F)(F)F. The summed E-state index contributed by atoms with van der Waals surface area (Å²) in [6.07, 6.45) is -7.33. The van der Waals surface area contributed by atoms with Gasteiger partial charge in [-0.05, 0) is 24.6 Å². The number of rotatable bonds is 3. The molecule has 17 heavy (non-hydrogen) atoms. The number of alkyl halides is 3. The van der Waals surface area contributed by atoms with Gasteiger partial charge in [-0.2, -0.15) is 13.2 Å². The first kappa shape index (κ1) is 14.3. The Morgan fingerprint density at radius 3 is 2.47 bits per heavy atom. The standard InChI is InChI=1S/C11H12BrF3O2/c1-6-3-10(17-2)7(4-8(6)12)9(16)5-11(13,14)15/h3-4,9,16H,5H2,1-2H3. The van der Waals surface area contributed by atoms with E-state index in [9.17, 15) is 18.3 Å². The van der Waals surface area contributed by atoms with Crippen molar-refractivity contribution in [1.29, 1.82) is 0 Å². The van der Waals surface area contributed by atoms with Crippen LogP contribution >= 0.6 is 15.9 Å². The Morgan fingerprint density at radius 2 is 2.00 bits per heavy atom. The van der Waals surface area contributed by atoms with Crippen molar-refractivity contribution in [2.24, 2.45) is 0 Å². The Morgan fingerprint density at radius 1 is 1.41 bits per heavy atom. The molecule has 6 heteroatoms.